The van der Waals surface area contributed by atoms with E-state index in [1.165, 1.54) is 0 Å². The lowest BCUT2D eigenvalue weighted by molar-refractivity contribution is 0.469. The van der Waals surface area contributed by atoms with Crippen LogP contribution in [0.4, 0.5) is 5.69 Å². The number of pyridine rings is 1. The minimum atomic E-state index is 0.205. The minimum absolute atomic E-state index is 0.205. The molecular weight excluding hydrogens is 288 g/mol. The van der Waals surface area contributed by atoms with Gasteiger partial charge in [-0.1, -0.05) is 11.6 Å². The van der Waals surface area contributed by atoms with Crippen molar-refractivity contribution < 1.29 is 5.11 Å². The van der Waals surface area contributed by atoms with Crippen LogP contribution >= 0.6 is 11.6 Å². The smallest absolute Gasteiger partial charge is 0.176 e. The van der Waals surface area contributed by atoms with Crippen molar-refractivity contribution >= 4 is 17.3 Å². The van der Waals surface area contributed by atoms with E-state index in [1.807, 2.05) is 24.4 Å². The van der Waals surface area contributed by atoms with Crippen molar-refractivity contribution in [2.24, 2.45) is 0 Å². The summed E-state index contributed by atoms with van der Waals surface area (Å²) in [5.74, 6) is 0.903. The number of phenols is 1. The Morgan fingerprint density at radius 1 is 1.19 bits per heavy atom. The van der Waals surface area contributed by atoms with Gasteiger partial charge in [-0.25, -0.2) is 9.67 Å². The van der Waals surface area contributed by atoms with Crippen molar-refractivity contribution in [3.63, 3.8) is 0 Å². The highest BCUT2D eigenvalue weighted by Gasteiger charge is 2.07. The summed E-state index contributed by atoms with van der Waals surface area (Å²) in [7, 11) is 0. The highest BCUT2D eigenvalue weighted by atomic mass is 35.5. The van der Waals surface area contributed by atoms with Crippen LogP contribution < -0.4 is 5.32 Å². The second-order valence-corrected chi connectivity index (χ2v) is 4.89. The molecule has 106 valence electrons. The molecular formula is C15H13ClN4O. The Hall–Kier alpha value is -2.53. The molecule has 3 rings (SSSR count). The first-order valence-corrected chi connectivity index (χ1v) is 6.78. The standard InChI is InChI=1S/C15H13ClN4O/c16-12-4-5-14(21)11(9-12)10-18-13-3-1-6-17-15(13)20-8-2-7-19-20/h1-9,18,21H,10H2. The number of rotatable bonds is 4. The van der Waals surface area contributed by atoms with E-state index in [2.05, 4.69) is 15.4 Å². The summed E-state index contributed by atoms with van der Waals surface area (Å²) in [5, 5.41) is 17.8. The Bertz CT molecular complexity index is 743. The molecule has 6 heteroatoms. The lowest BCUT2D eigenvalue weighted by atomic mass is 10.2. The molecule has 2 N–H and O–H groups in total. The number of halogens is 1. The third-order valence-electron chi connectivity index (χ3n) is 3.02. The van der Waals surface area contributed by atoms with Gasteiger partial charge in [0.05, 0.1) is 5.69 Å². The summed E-state index contributed by atoms with van der Waals surface area (Å²) in [4.78, 5) is 4.32. The molecule has 0 atom stereocenters. The topological polar surface area (TPSA) is 63.0 Å². The zero-order valence-electron chi connectivity index (χ0n) is 11.1. The van der Waals surface area contributed by atoms with Crippen LogP contribution in [0, 0.1) is 0 Å². The third-order valence-corrected chi connectivity index (χ3v) is 3.25. The van der Waals surface area contributed by atoms with Gasteiger partial charge in [0.25, 0.3) is 0 Å². The van der Waals surface area contributed by atoms with E-state index in [0.29, 0.717) is 17.4 Å². The molecule has 0 spiro atoms. The zero-order chi connectivity index (χ0) is 14.7. The normalized spacial score (nSPS) is 10.5. The van der Waals surface area contributed by atoms with Crippen LogP contribution in [-0.2, 0) is 6.54 Å². The maximum atomic E-state index is 9.83. The highest BCUT2D eigenvalue weighted by molar-refractivity contribution is 6.30. The van der Waals surface area contributed by atoms with E-state index in [4.69, 9.17) is 11.6 Å². The molecule has 1 aromatic carbocycles. The Morgan fingerprint density at radius 2 is 2.10 bits per heavy atom. The average molecular weight is 301 g/mol. The predicted molar refractivity (Wildman–Crippen MR) is 81.8 cm³/mol. The van der Waals surface area contributed by atoms with Crippen molar-refractivity contribution in [2.75, 3.05) is 5.32 Å². The first-order chi connectivity index (χ1) is 10.2. The quantitative estimate of drug-likeness (QED) is 0.776. The number of phenolic OH excluding ortho intramolecular Hbond substituents is 1. The maximum absolute atomic E-state index is 9.83. The number of hydrogen-bond donors (Lipinski definition) is 2. The van der Waals surface area contributed by atoms with Crippen LogP contribution in [-0.4, -0.2) is 19.9 Å². The number of benzene rings is 1. The van der Waals surface area contributed by atoms with Crippen molar-refractivity contribution in [3.05, 3.63) is 65.6 Å². The summed E-state index contributed by atoms with van der Waals surface area (Å²) in [6, 6.07) is 10.5. The fraction of sp³-hybridized carbons (Fsp3) is 0.0667. The Kier molecular flexibility index (Phi) is 3.75. The number of aromatic hydroxyl groups is 1. The highest BCUT2D eigenvalue weighted by Crippen LogP contribution is 2.23. The molecule has 0 saturated heterocycles. The third kappa shape index (κ3) is 2.98. The Morgan fingerprint density at radius 3 is 2.90 bits per heavy atom. The second kappa shape index (κ2) is 5.85. The first kappa shape index (κ1) is 13.5. The van der Waals surface area contributed by atoms with Crippen LogP contribution in [0.15, 0.2) is 55.0 Å². The molecule has 0 aliphatic rings. The van der Waals surface area contributed by atoms with Gasteiger partial charge in [-0.05, 0) is 36.4 Å². The number of nitrogens with one attached hydrogen (secondary N) is 1. The zero-order valence-corrected chi connectivity index (χ0v) is 11.8. The van der Waals surface area contributed by atoms with E-state index in [9.17, 15) is 5.11 Å². The molecule has 0 bridgehead atoms. The van der Waals surface area contributed by atoms with Crippen LogP contribution in [0.25, 0.3) is 5.82 Å². The van der Waals surface area contributed by atoms with E-state index in [1.54, 1.807) is 35.3 Å². The van der Waals surface area contributed by atoms with Gasteiger partial charge in [0.15, 0.2) is 5.82 Å². The van der Waals surface area contributed by atoms with E-state index in [-0.39, 0.29) is 5.75 Å². The number of anilines is 1. The molecule has 0 unspecified atom stereocenters. The largest absolute Gasteiger partial charge is 0.508 e. The van der Waals surface area contributed by atoms with Gasteiger partial charge >= 0.3 is 0 Å². The summed E-state index contributed by atoms with van der Waals surface area (Å²) in [5.41, 5.74) is 1.54. The number of hydrogen-bond acceptors (Lipinski definition) is 4. The van der Waals surface area contributed by atoms with Gasteiger partial charge in [0.1, 0.15) is 5.75 Å². The van der Waals surface area contributed by atoms with E-state index >= 15 is 0 Å². The van der Waals surface area contributed by atoms with Crippen LogP contribution in [0.2, 0.25) is 5.02 Å². The van der Waals surface area contributed by atoms with E-state index in [0.717, 1.165) is 11.3 Å². The first-order valence-electron chi connectivity index (χ1n) is 6.40. The molecule has 5 nitrogen and oxygen atoms in total. The lowest BCUT2D eigenvalue weighted by Crippen LogP contribution is -2.06. The summed E-state index contributed by atoms with van der Waals surface area (Å²) >= 11 is 5.95. The van der Waals surface area contributed by atoms with Gasteiger partial charge in [-0.3, -0.25) is 0 Å². The van der Waals surface area contributed by atoms with Crippen molar-refractivity contribution in [1.29, 1.82) is 0 Å². The second-order valence-electron chi connectivity index (χ2n) is 4.45. The van der Waals surface area contributed by atoms with Crippen molar-refractivity contribution in [3.8, 4) is 11.6 Å². The molecule has 0 amide bonds. The molecule has 21 heavy (non-hydrogen) atoms. The summed E-state index contributed by atoms with van der Waals surface area (Å²) < 4.78 is 1.68. The summed E-state index contributed by atoms with van der Waals surface area (Å²) in [6.07, 6.45) is 5.23. The molecule has 0 fully saturated rings. The average Bonchev–Trinajstić information content (AvgIpc) is 3.03. The molecule has 2 heterocycles. The van der Waals surface area contributed by atoms with Crippen LogP contribution in [0.1, 0.15) is 5.56 Å². The Labute approximate surface area is 126 Å². The van der Waals surface area contributed by atoms with Crippen LogP contribution in [0.3, 0.4) is 0 Å². The minimum Gasteiger partial charge on any atom is -0.508 e. The molecule has 0 aliphatic heterocycles. The van der Waals surface area contributed by atoms with E-state index < -0.39 is 0 Å². The van der Waals surface area contributed by atoms with Gasteiger partial charge in [0.2, 0.25) is 0 Å². The number of nitrogens with zero attached hydrogens (tertiary/aromatic N) is 3. The molecule has 2 aromatic heterocycles. The lowest BCUT2D eigenvalue weighted by Gasteiger charge is -2.12. The fourth-order valence-corrected chi connectivity index (χ4v) is 2.19. The van der Waals surface area contributed by atoms with Gasteiger partial charge < -0.3 is 10.4 Å². The van der Waals surface area contributed by atoms with Gasteiger partial charge in [-0.15, -0.1) is 0 Å². The molecule has 0 aliphatic carbocycles. The molecule has 0 radical (unpaired) electrons. The van der Waals surface area contributed by atoms with Crippen molar-refractivity contribution in [1.82, 2.24) is 14.8 Å². The van der Waals surface area contributed by atoms with Gasteiger partial charge in [0, 0.05) is 35.7 Å². The SMILES string of the molecule is Oc1ccc(Cl)cc1CNc1cccnc1-n1cccn1. The van der Waals surface area contributed by atoms with Gasteiger partial charge in [-0.2, -0.15) is 5.10 Å². The monoisotopic (exact) mass is 300 g/mol. The van der Waals surface area contributed by atoms with Crippen LogP contribution in [0.5, 0.6) is 5.75 Å². The fourth-order valence-electron chi connectivity index (χ4n) is 2.00. The summed E-state index contributed by atoms with van der Waals surface area (Å²) in [6.45, 7) is 0.437. The number of aromatic nitrogens is 3. The predicted octanol–water partition coefficient (Wildman–Crippen LogP) is 3.24. The molecule has 3 aromatic rings. The Balaban J connectivity index is 1.84. The maximum Gasteiger partial charge on any atom is 0.176 e. The molecule has 0 saturated carbocycles. The van der Waals surface area contributed by atoms with Crippen molar-refractivity contribution in [2.45, 2.75) is 6.54 Å².